The Balaban J connectivity index is 1.93. The van der Waals surface area contributed by atoms with E-state index in [9.17, 15) is 9.59 Å². The van der Waals surface area contributed by atoms with Crippen molar-refractivity contribution >= 4 is 23.2 Å². The first-order chi connectivity index (χ1) is 11.0. The Morgan fingerprint density at radius 1 is 1.39 bits per heavy atom. The molecule has 1 fully saturated rings. The van der Waals surface area contributed by atoms with Crippen molar-refractivity contribution in [3.05, 3.63) is 44.9 Å². The molecule has 1 N–H and O–H groups in total. The lowest BCUT2D eigenvalue weighted by Gasteiger charge is -2.23. The second kappa shape index (κ2) is 6.20. The van der Waals surface area contributed by atoms with E-state index in [4.69, 9.17) is 4.74 Å². The molecule has 0 radical (unpaired) electrons. The largest absolute Gasteiger partial charge is 0.465 e. The molecule has 0 aromatic carbocycles. The molecule has 2 aromatic rings. The van der Waals surface area contributed by atoms with Gasteiger partial charge in [0.25, 0.3) is 5.91 Å². The van der Waals surface area contributed by atoms with Gasteiger partial charge in [0.15, 0.2) is 0 Å². The van der Waals surface area contributed by atoms with Gasteiger partial charge in [0.1, 0.15) is 5.69 Å². The number of rotatable bonds is 3. The number of H-pyrrole nitrogens is 1. The van der Waals surface area contributed by atoms with Gasteiger partial charge in [-0.15, -0.1) is 11.3 Å². The SMILES string of the molecule is COC(=O)c1c(C)[nH]c(C(=O)N2CCCC2c2cccs2)c1C. The lowest BCUT2D eigenvalue weighted by atomic mass is 10.1. The van der Waals surface area contributed by atoms with Crippen LogP contribution >= 0.6 is 11.3 Å². The van der Waals surface area contributed by atoms with E-state index in [0.717, 1.165) is 19.4 Å². The number of ether oxygens (including phenoxy) is 1. The fraction of sp³-hybridized carbons (Fsp3) is 0.412. The van der Waals surface area contributed by atoms with Crippen LogP contribution in [0.3, 0.4) is 0 Å². The van der Waals surface area contributed by atoms with E-state index in [2.05, 4.69) is 11.1 Å². The molecule has 0 spiro atoms. The van der Waals surface area contributed by atoms with Gasteiger partial charge in [-0.2, -0.15) is 0 Å². The van der Waals surface area contributed by atoms with Gasteiger partial charge in [-0.1, -0.05) is 6.07 Å². The number of carbonyl (C=O) groups excluding carboxylic acids is 2. The van der Waals surface area contributed by atoms with E-state index in [1.54, 1.807) is 25.2 Å². The number of aryl methyl sites for hydroxylation is 1. The number of carbonyl (C=O) groups is 2. The molecule has 1 atom stereocenters. The Morgan fingerprint density at radius 2 is 2.17 bits per heavy atom. The first-order valence-electron chi connectivity index (χ1n) is 7.66. The van der Waals surface area contributed by atoms with Gasteiger partial charge in [0.05, 0.1) is 18.7 Å². The Hall–Kier alpha value is -2.08. The number of esters is 1. The molecule has 0 bridgehead atoms. The molecule has 6 heteroatoms. The number of likely N-dealkylation sites (tertiary alicyclic amines) is 1. The Morgan fingerprint density at radius 3 is 2.83 bits per heavy atom. The third kappa shape index (κ3) is 2.67. The van der Waals surface area contributed by atoms with Gasteiger partial charge >= 0.3 is 5.97 Å². The topological polar surface area (TPSA) is 62.4 Å². The second-order valence-electron chi connectivity index (χ2n) is 5.79. The molecule has 1 unspecified atom stereocenters. The van der Waals surface area contributed by atoms with Crippen LogP contribution in [0, 0.1) is 13.8 Å². The minimum Gasteiger partial charge on any atom is -0.465 e. The zero-order chi connectivity index (χ0) is 16.6. The molecule has 0 saturated carbocycles. The number of aromatic amines is 1. The molecule has 3 rings (SSSR count). The predicted molar refractivity (Wildman–Crippen MR) is 88.9 cm³/mol. The van der Waals surface area contributed by atoms with E-state index in [1.807, 2.05) is 16.3 Å². The first kappa shape index (κ1) is 15.8. The van der Waals surface area contributed by atoms with E-state index < -0.39 is 5.97 Å². The average molecular weight is 332 g/mol. The highest BCUT2D eigenvalue weighted by Crippen LogP contribution is 2.36. The molecular formula is C17H20N2O3S. The summed E-state index contributed by atoms with van der Waals surface area (Å²) < 4.78 is 4.81. The normalized spacial score (nSPS) is 17.5. The highest BCUT2D eigenvalue weighted by molar-refractivity contribution is 7.10. The van der Waals surface area contributed by atoms with Crippen molar-refractivity contribution in [1.82, 2.24) is 9.88 Å². The molecule has 1 amide bonds. The molecule has 122 valence electrons. The highest BCUT2D eigenvalue weighted by atomic mass is 32.1. The number of hydrogen-bond acceptors (Lipinski definition) is 4. The quantitative estimate of drug-likeness (QED) is 0.876. The van der Waals surface area contributed by atoms with Gasteiger partial charge in [-0.25, -0.2) is 4.79 Å². The van der Waals surface area contributed by atoms with Crippen molar-refractivity contribution < 1.29 is 14.3 Å². The number of methoxy groups -OCH3 is 1. The third-order valence-electron chi connectivity index (χ3n) is 4.43. The summed E-state index contributed by atoms with van der Waals surface area (Å²) in [5, 5.41) is 2.04. The molecule has 1 aliphatic rings. The number of nitrogens with zero attached hydrogens (tertiary/aromatic N) is 1. The van der Waals surface area contributed by atoms with Crippen molar-refractivity contribution in [2.45, 2.75) is 32.7 Å². The van der Waals surface area contributed by atoms with Crippen LogP contribution in [0.1, 0.15) is 55.9 Å². The molecule has 1 saturated heterocycles. The van der Waals surface area contributed by atoms with Crippen LogP contribution in [-0.4, -0.2) is 35.4 Å². The third-order valence-corrected chi connectivity index (χ3v) is 5.40. The highest BCUT2D eigenvalue weighted by Gasteiger charge is 2.33. The summed E-state index contributed by atoms with van der Waals surface area (Å²) >= 11 is 1.68. The molecular weight excluding hydrogens is 312 g/mol. The molecule has 1 aliphatic heterocycles. The standard InChI is InChI=1S/C17H20N2O3S/c1-10-14(17(21)22-3)11(2)18-15(10)16(20)19-8-4-6-12(19)13-7-5-9-23-13/h5,7,9,12,18H,4,6,8H2,1-3H3. The van der Waals surface area contributed by atoms with Gasteiger partial charge in [0.2, 0.25) is 0 Å². The van der Waals surface area contributed by atoms with Crippen molar-refractivity contribution in [1.29, 1.82) is 0 Å². The Bertz CT molecular complexity index is 733. The maximum absolute atomic E-state index is 13.0. The predicted octanol–water partition coefficient (Wildman–Crippen LogP) is 3.46. The number of amides is 1. The summed E-state index contributed by atoms with van der Waals surface area (Å²) in [6.45, 7) is 4.32. The number of thiophene rings is 1. The summed E-state index contributed by atoms with van der Waals surface area (Å²) in [7, 11) is 1.35. The van der Waals surface area contributed by atoms with Crippen LogP contribution in [0.4, 0.5) is 0 Å². The number of hydrogen-bond donors (Lipinski definition) is 1. The van der Waals surface area contributed by atoms with Crippen molar-refractivity contribution in [3.8, 4) is 0 Å². The Labute approximate surface area is 139 Å². The summed E-state index contributed by atoms with van der Waals surface area (Å²) in [6, 6.07) is 4.22. The summed E-state index contributed by atoms with van der Waals surface area (Å²) in [5.74, 6) is -0.455. The number of nitrogens with one attached hydrogen (secondary N) is 1. The molecule has 0 aliphatic carbocycles. The average Bonchev–Trinajstić information content (AvgIpc) is 3.25. The zero-order valence-electron chi connectivity index (χ0n) is 13.5. The first-order valence-corrected chi connectivity index (χ1v) is 8.54. The summed E-state index contributed by atoms with van der Waals surface area (Å²) in [5.41, 5.74) is 2.29. The van der Waals surface area contributed by atoms with Crippen molar-refractivity contribution in [3.63, 3.8) is 0 Å². The Kier molecular flexibility index (Phi) is 4.26. The van der Waals surface area contributed by atoms with Gasteiger partial charge in [-0.05, 0) is 43.7 Å². The fourth-order valence-electron chi connectivity index (χ4n) is 3.30. The molecule has 23 heavy (non-hydrogen) atoms. The molecule has 5 nitrogen and oxygen atoms in total. The summed E-state index contributed by atoms with van der Waals surface area (Å²) in [6.07, 6.45) is 1.98. The van der Waals surface area contributed by atoms with E-state index in [-0.39, 0.29) is 11.9 Å². The zero-order valence-corrected chi connectivity index (χ0v) is 14.3. The lowest BCUT2D eigenvalue weighted by Crippen LogP contribution is -2.31. The van der Waals surface area contributed by atoms with Gasteiger partial charge < -0.3 is 14.6 Å². The smallest absolute Gasteiger partial charge is 0.339 e. The summed E-state index contributed by atoms with van der Waals surface area (Å²) in [4.78, 5) is 31.1. The monoisotopic (exact) mass is 332 g/mol. The maximum atomic E-state index is 13.0. The minimum atomic E-state index is -0.411. The molecule has 2 aromatic heterocycles. The van der Waals surface area contributed by atoms with Gasteiger partial charge in [0, 0.05) is 17.1 Å². The van der Waals surface area contributed by atoms with E-state index in [0.29, 0.717) is 22.5 Å². The second-order valence-corrected chi connectivity index (χ2v) is 6.77. The number of aromatic nitrogens is 1. The maximum Gasteiger partial charge on any atom is 0.339 e. The van der Waals surface area contributed by atoms with Crippen LogP contribution in [0.5, 0.6) is 0 Å². The van der Waals surface area contributed by atoms with Crippen LogP contribution in [0.25, 0.3) is 0 Å². The van der Waals surface area contributed by atoms with Crippen molar-refractivity contribution in [2.75, 3.05) is 13.7 Å². The van der Waals surface area contributed by atoms with E-state index in [1.165, 1.54) is 12.0 Å². The van der Waals surface area contributed by atoms with E-state index >= 15 is 0 Å². The lowest BCUT2D eigenvalue weighted by molar-refractivity contribution is 0.0599. The van der Waals surface area contributed by atoms with Crippen molar-refractivity contribution in [2.24, 2.45) is 0 Å². The van der Waals surface area contributed by atoms with Crippen LogP contribution in [0.15, 0.2) is 17.5 Å². The molecule has 3 heterocycles. The minimum absolute atomic E-state index is 0.0448. The van der Waals surface area contributed by atoms with Crippen LogP contribution in [0.2, 0.25) is 0 Å². The van der Waals surface area contributed by atoms with Gasteiger partial charge in [-0.3, -0.25) is 4.79 Å². The van der Waals surface area contributed by atoms with Crippen LogP contribution in [-0.2, 0) is 4.74 Å². The van der Waals surface area contributed by atoms with Crippen LogP contribution < -0.4 is 0 Å². The fourth-order valence-corrected chi connectivity index (χ4v) is 4.18.